The lowest BCUT2D eigenvalue weighted by molar-refractivity contribution is 0.0784. The molecule has 5 nitrogen and oxygen atoms in total. The van der Waals surface area contributed by atoms with Gasteiger partial charge in [0, 0.05) is 35.1 Å². The fourth-order valence-electron chi connectivity index (χ4n) is 2.84. The zero-order chi connectivity index (χ0) is 19.0. The predicted octanol–water partition coefficient (Wildman–Crippen LogP) is 4.90. The minimum absolute atomic E-state index is 0.111. The molecular formula is C19H20Cl2N4O. The molecule has 0 aliphatic heterocycles. The van der Waals surface area contributed by atoms with Crippen LogP contribution in [0.2, 0.25) is 10.0 Å². The number of aryl methyl sites for hydroxylation is 1. The number of nitrogens with zero attached hydrogens (tertiary/aromatic N) is 4. The highest BCUT2D eigenvalue weighted by molar-refractivity contribution is 6.35. The molecule has 0 unspecified atom stereocenters. The first-order valence-corrected chi connectivity index (χ1v) is 9.07. The summed E-state index contributed by atoms with van der Waals surface area (Å²) in [5, 5.41) is 6.33. The molecule has 1 aromatic carbocycles. The van der Waals surface area contributed by atoms with Crippen molar-refractivity contribution in [2.75, 3.05) is 7.05 Å². The van der Waals surface area contributed by atoms with Crippen molar-refractivity contribution < 1.29 is 4.79 Å². The van der Waals surface area contributed by atoms with E-state index in [1.54, 1.807) is 30.3 Å². The molecule has 0 aliphatic rings. The number of hydrogen-bond donors (Lipinski definition) is 0. The van der Waals surface area contributed by atoms with Gasteiger partial charge in [-0.25, -0.2) is 9.67 Å². The molecule has 7 heteroatoms. The van der Waals surface area contributed by atoms with E-state index in [9.17, 15) is 4.79 Å². The highest BCUT2D eigenvalue weighted by Crippen LogP contribution is 2.24. The highest BCUT2D eigenvalue weighted by Gasteiger charge is 2.19. The Bertz CT molecular complexity index is 981. The van der Waals surface area contributed by atoms with Crippen molar-refractivity contribution in [2.24, 2.45) is 0 Å². The molecule has 26 heavy (non-hydrogen) atoms. The van der Waals surface area contributed by atoms with Crippen molar-refractivity contribution in [3.05, 3.63) is 57.3 Å². The van der Waals surface area contributed by atoms with Gasteiger partial charge in [-0.15, -0.1) is 0 Å². The maximum Gasteiger partial charge on any atom is 0.255 e. The summed E-state index contributed by atoms with van der Waals surface area (Å²) in [6.07, 6.45) is 1.74. The SMILES string of the molecule is Cc1nc2c(cnn2C(C)C)cc1C(=O)N(C)Cc1ccc(Cl)cc1Cl. The van der Waals surface area contributed by atoms with Gasteiger partial charge in [0.1, 0.15) is 0 Å². The van der Waals surface area contributed by atoms with Gasteiger partial charge in [-0.2, -0.15) is 5.10 Å². The Kier molecular flexibility index (Phi) is 5.21. The van der Waals surface area contributed by atoms with E-state index >= 15 is 0 Å². The molecule has 136 valence electrons. The van der Waals surface area contributed by atoms with Gasteiger partial charge >= 0.3 is 0 Å². The summed E-state index contributed by atoms with van der Waals surface area (Å²) in [6.45, 7) is 6.32. The monoisotopic (exact) mass is 390 g/mol. The van der Waals surface area contributed by atoms with Crippen LogP contribution < -0.4 is 0 Å². The summed E-state index contributed by atoms with van der Waals surface area (Å²) >= 11 is 12.2. The number of carbonyl (C=O) groups is 1. The van der Waals surface area contributed by atoms with Gasteiger partial charge in [0.25, 0.3) is 5.91 Å². The Morgan fingerprint density at radius 2 is 2.00 bits per heavy atom. The van der Waals surface area contributed by atoms with Crippen molar-refractivity contribution in [3.63, 3.8) is 0 Å². The molecule has 0 fully saturated rings. The van der Waals surface area contributed by atoms with Crippen LogP contribution in [0.15, 0.2) is 30.5 Å². The lowest BCUT2D eigenvalue weighted by atomic mass is 10.1. The maximum atomic E-state index is 12.9. The lowest BCUT2D eigenvalue weighted by Gasteiger charge is -2.19. The second kappa shape index (κ2) is 7.25. The number of hydrogen-bond acceptors (Lipinski definition) is 3. The molecule has 0 bridgehead atoms. The van der Waals surface area contributed by atoms with Crippen LogP contribution in [0.5, 0.6) is 0 Å². The predicted molar refractivity (Wildman–Crippen MR) is 105 cm³/mol. The van der Waals surface area contributed by atoms with E-state index in [1.807, 2.05) is 37.6 Å². The van der Waals surface area contributed by atoms with E-state index in [2.05, 4.69) is 10.1 Å². The summed E-state index contributed by atoms with van der Waals surface area (Å²) in [5.41, 5.74) is 2.87. The molecule has 1 amide bonds. The second-order valence-electron chi connectivity index (χ2n) is 6.61. The third-order valence-corrected chi connectivity index (χ3v) is 4.84. The fourth-order valence-corrected chi connectivity index (χ4v) is 3.31. The smallest absolute Gasteiger partial charge is 0.255 e. The molecule has 3 rings (SSSR count). The van der Waals surface area contributed by atoms with Crippen molar-refractivity contribution >= 4 is 40.1 Å². The first kappa shape index (κ1) is 18.7. The van der Waals surface area contributed by atoms with E-state index in [-0.39, 0.29) is 11.9 Å². The first-order chi connectivity index (χ1) is 12.3. The standard InChI is InChI=1S/C19H20Cl2N4O/c1-11(2)25-18-14(9-22-25)7-16(12(3)23-18)19(26)24(4)10-13-5-6-15(20)8-17(13)21/h5-9,11H,10H2,1-4H3. The molecule has 2 aromatic heterocycles. The summed E-state index contributed by atoms with van der Waals surface area (Å²) in [5.74, 6) is -0.111. The topological polar surface area (TPSA) is 51.0 Å². The third kappa shape index (κ3) is 3.55. The fraction of sp³-hybridized carbons (Fsp3) is 0.316. The van der Waals surface area contributed by atoms with Crippen molar-refractivity contribution in [2.45, 2.75) is 33.4 Å². The number of carbonyl (C=O) groups excluding carboxylic acids is 1. The normalized spacial score (nSPS) is 11.3. The van der Waals surface area contributed by atoms with Crippen LogP contribution in [0.1, 0.15) is 41.5 Å². The van der Waals surface area contributed by atoms with E-state index in [0.717, 1.165) is 16.6 Å². The molecule has 3 aromatic rings. The van der Waals surface area contributed by atoms with Gasteiger partial charge in [-0.3, -0.25) is 4.79 Å². The molecule has 0 atom stereocenters. The number of fused-ring (bicyclic) bond motifs is 1. The van der Waals surface area contributed by atoms with Crippen LogP contribution in [0.4, 0.5) is 0 Å². The minimum atomic E-state index is -0.111. The van der Waals surface area contributed by atoms with Crippen LogP contribution in [0, 0.1) is 6.92 Å². The zero-order valence-corrected chi connectivity index (χ0v) is 16.6. The Morgan fingerprint density at radius 1 is 1.27 bits per heavy atom. The summed E-state index contributed by atoms with van der Waals surface area (Å²) in [7, 11) is 1.74. The van der Waals surface area contributed by atoms with Crippen molar-refractivity contribution in [1.29, 1.82) is 0 Å². The molecule has 2 heterocycles. The van der Waals surface area contributed by atoms with Gasteiger partial charge in [0.2, 0.25) is 0 Å². The van der Waals surface area contributed by atoms with E-state index in [4.69, 9.17) is 23.2 Å². The van der Waals surface area contributed by atoms with Crippen molar-refractivity contribution in [1.82, 2.24) is 19.7 Å². The van der Waals surface area contributed by atoms with E-state index in [1.165, 1.54) is 0 Å². The lowest BCUT2D eigenvalue weighted by Crippen LogP contribution is -2.27. The summed E-state index contributed by atoms with van der Waals surface area (Å²) in [6, 6.07) is 7.33. The highest BCUT2D eigenvalue weighted by atomic mass is 35.5. The third-order valence-electron chi connectivity index (χ3n) is 4.25. The van der Waals surface area contributed by atoms with Gasteiger partial charge in [-0.1, -0.05) is 29.3 Å². The molecule has 0 spiro atoms. The largest absolute Gasteiger partial charge is 0.337 e. The Hall–Kier alpha value is -2.11. The Labute approximate surface area is 162 Å². The van der Waals surface area contributed by atoms with Crippen LogP contribution >= 0.6 is 23.2 Å². The Morgan fingerprint density at radius 3 is 2.65 bits per heavy atom. The van der Waals surface area contributed by atoms with Crippen LogP contribution in [0.3, 0.4) is 0 Å². The number of aromatic nitrogens is 3. The minimum Gasteiger partial charge on any atom is -0.337 e. The molecule has 0 saturated carbocycles. The zero-order valence-electron chi connectivity index (χ0n) is 15.1. The molecule has 0 N–H and O–H groups in total. The quantitative estimate of drug-likeness (QED) is 0.636. The average Bonchev–Trinajstić information content (AvgIpc) is 2.98. The average molecular weight is 391 g/mol. The number of pyridine rings is 1. The number of halogens is 2. The number of benzene rings is 1. The van der Waals surface area contributed by atoms with E-state index in [0.29, 0.717) is 27.8 Å². The van der Waals surface area contributed by atoms with Gasteiger partial charge in [0.05, 0.1) is 17.5 Å². The van der Waals surface area contributed by atoms with Crippen LogP contribution in [-0.4, -0.2) is 32.6 Å². The van der Waals surface area contributed by atoms with E-state index < -0.39 is 0 Å². The van der Waals surface area contributed by atoms with Crippen molar-refractivity contribution in [3.8, 4) is 0 Å². The van der Waals surface area contributed by atoms with Gasteiger partial charge in [-0.05, 0) is 44.5 Å². The summed E-state index contributed by atoms with van der Waals surface area (Å²) < 4.78 is 1.85. The van der Waals surface area contributed by atoms with Crippen LogP contribution in [0.25, 0.3) is 11.0 Å². The van der Waals surface area contributed by atoms with Crippen LogP contribution in [-0.2, 0) is 6.54 Å². The summed E-state index contributed by atoms with van der Waals surface area (Å²) in [4.78, 5) is 19.2. The Balaban J connectivity index is 1.90. The number of rotatable bonds is 4. The number of amides is 1. The maximum absolute atomic E-state index is 12.9. The molecule has 0 saturated heterocycles. The molecule has 0 radical (unpaired) electrons. The van der Waals surface area contributed by atoms with Gasteiger partial charge < -0.3 is 4.90 Å². The molecular weight excluding hydrogens is 371 g/mol. The second-order valence-corrected chi connectivity index (χ2v) is 7.46. The first-order valence-electron chi connectivity index (χ1n) is 8.32. The van der Waals surface area contributed by atoms with Gasteiger partial charge in [0.15, 0.2) is 5.65 Å². The molecule has 0 aliphatic carbocycles.